The largest absolute Gasteiger partial charge is 0.356 e. The first-order chi connectivity index (χ1) is 11.7. The molecular weight excluding hydrogens is 300 g/mol. The Balaban J connectivity index is 1.68. The van der Waals surface area contributed by atoms with E-state index < -0.39 is 0 Å². The molecule has 0 atom stereocenters. The number of benzene rings is 1. The monoisotopic (exact) mass is 330 g/mol. The first-order valence-corrected chi connectivity index (χ1v) is 8.92. The number of guanidine groups is 1. The van der Waals surface area contributed by atoms with Crippen molar-refractivity contribution in [2.24, 2.45) is 4.99 Å². The Morgan fingerprint density at radius 2 is 1.92 bits per heavy atom. The Morgan fingerprint density at radius 3 is 2.50 bits per heavy atom. The summed E-state index contributed by atoms with van der Waals surface area (Å²) in [5.74, 6) is 1.15. The van der Waals surface area contributed by atoms with E-state index in [9.17, 15) is 4.79 Å². The van der Waals surface area contributed by atoms with Gasteiger partial charge in [0.25, 0.3) is 0 Å². The van der Waals surface area contributed by atoms with Crippen LogP contribution < -0.4 is 5.32 Å². The van der Waals surface area contributed by atoms with Crippen molar-refractivity contribution in [3.8, 4) is 0 Å². The van der Waals surface area contributed by atoms with Gasteiger partial charge in [0.2, 0.25) is 5.91 Å². The Bertz CT molecular complexity index is 545. The highest BCUT2D eigenvalue weighted by Crippen LogP contribution is 2.22. The molecule has 5 nitrogen and oxygen atoms in total. The van der Waals surface area contributed by atoms with Crippen LogP contribution in [0.1, 0.15) is 43.7 Å². The molecule has 2 rings (SSSR count). The van der Waals surface area contributed by atoms with Gasteiger partial charge >= 0.3 is 0 Å². The average molecular weight is 330 g/mol. The second-order valence-corrected chi connectivity index (χ2v) is 6.37. The molecule has 1 amide bonds. The SMILES string of the molecule is CCCCN(C)C(=NC)NCCCC(=O)N1Cc2ccccc2C1. The Kier molecular flexibility index (Phi) is 7.09. The van der Waals surface area contributed by atoms with Crippen LogP contribution in [0, 0.1) is 0 Å². The molecule has 0 bridgehead atoms. The van der Waals surface area contributed by atoms with Crippen molar-refractivity contribution < 1.29 is 4.79 Å². The number of rotatable bonds is 7. The van der Waals surface area contributed by atoms with Crippen LogP contribution in [-0.4, -0.2) is 48.9 Å². The number of hydrogen-bond acceptors (Lipinski definition) is 2. The molecule has 0 spiro atoms. The van der Waals surface area contributed by atoms with Crippen LogP contribution in [0.25, 0.3) is 0 Å². The number of aliphatic imine (C=N–C) groups is 1. The molecule has 0 fully saturated rings. The lowest BCUT2D eigenvalue weighted by atomic mass is 10.1. The van der Waals surface area contributed by atoms with E-state index in [1.165, 1.54) is 17.5 Å². The van der Waals surface area contributed by atoms with Gasteiger partial charge < -0.3 is 15.1 Å². The molecule has 1 aliphatic rings. The van der Waals surface area contributed by atoms with Crippen LogP contribution in [0.2, 0.25) is 0 Å². The normalized spacial score (nSPS) is 13.8. The molecule has 0 unspecified atom stereocenters. The van der Waals surface area contributed by atoms with Crippen LogP contribution in [-0.2, 0) is 17.9 Å². The molecule has 5 heteroatoms. The van der Waals surface area contributed by atoms with Gasteiger partial charge in [-0.1, -0.05) is 37.6 Å². The summed E-state index contributed by atoms with van der Waals surface area (Å²) in [6.07, 6.45) is 3.74. The topological polar surface area (TPSA) is 47.9 Å². The highest BCUT2D eigenvalue weighted by molar-refractivity contribution is 5.80. The number of unbranched alkanes of at least 4 members (excludes halogenated alkanes) is 1. The molecule has 1 N–H and O–H groups in total. The molecular formula is C19H30N4O. The first-order valence-electron chi connectivity index (χ1n) is 8.92. The van der Waals surface area contributed by atoms with Gasteiger partial charge in [-0.05, 0) is 24.0 Å². The molecule has 0 radical (unpaired) electrons. The zero-order valence-electron chi connectivity index (χ0n) is 15.2. The summed E-state index contributed by atoms with van der Waals surface area (Å²) < 4.78 is 0. The summed E-state index contributed by atoms with van der Waals surface area (Å²) in [6, 6.07) is 8.30. The molecule has 1 heterocycles. The van der Waals surface area contributed by atoms with Gasteiger partial charge in [-0.15, -0.1) is 0 Å². The average Bonchev–Trinajstić information content (AvgIpc) is 3.03. The zero-order chi connectivity index (χ0) is 17.4. The van der Waals surface area contributed by atoms with E-state index >= 15 is 0 Å². The third-order valence-corrected chi connectivity index (χ3v) is 4.46. The van der Waals surface area contributed by atoms with Crippen molar-refractivity contribution in [1.29, 1.82) is 0 Å². The summed E-state index contributed by atoms with van der Waals surface area (Å²) in [5.41, 5.74) is 2.56. The van der Waals surface area contributed by atoms with Crippen LogP contribution in [0.15, 0.2) is 29.3 Å². The number of carbonyl (C=O) groups is 1. The minimum atomic E-state index is 0.238. The van der Waals surface area contributed by atoms with E-state index in [-0.39, 0.29) is 5.91 Å². The van der Waals surface area contributed by atoms with E-state index in [2.05, 4.69) is 41.3 Å². The summed E-state index contributed by atoms with van der Waals surface area (Å²) >= 11 is 0. The lowest BCUT2D eigenvalue weighted by Crippen LogP contribution is -2.40. The van der Waals surface area contributed by atoms with Crippen molar-refractivity contribution in [1.82, 2.24) is 15.1 Å². The summed E-state index contributed by atoms with van der Waals surface area (Å²) in [4.78, 5) is 20.8. The maximum atomic E-state index is 12.4. The van der Waals surface area contributed by atoms with E-state index in [0.717, 1.165) is 45.0 Å². The first kappa shape index (κ1) is 18.3. The van der Waals surface area contributed by atoms with Crippen molar-refractivity contribution in [3.63, 3.8) is 0 Å². The fourth-order valence-corrected chi connectivity index (χ4v) is 2.99. The van der Waals surface area contributed by atoms with Gasteiger partial charge in [0, 0.05) is 46.7 Å². The highest BCUT2D eigenvalue weighted by Gasteiger charge is 2.22. The van der Waals surface area contributed by atoms with Crippen molar-refractivity contribution in [2.45, 2.75) is 45.7 Å². The van der Waals surface area contributed by atoms with Gasteiger partial charge in [-0.3, -0.25) is 9.79 Å². The third kappa shape index (κ3) is 4.98. The lowest BCUT2D eigenvalue weighted by molar-refractivity contribution is -0.131. The van der Waals surface area contributed by atoms with Crippen molar-refractivity contribution in [3.05, 3.63) is 35.4 Å². The Hall–Kier alpha value is -2.04. The summed E-state index contributed by atoms with van der Waals surface area (Å²) in [6.45, 7) is 5.47. The van der Waals surface area contributed by atoms with Gasteiger partial charge in [0.05, 0.1) is 0 Å². The van der Waals surface area contributed by atoms with Gasteiger partial charge in [0.15, 0.2) is 5.96 Å². The van der Waals surface area contributed by atoms with E-state index in [1.54, 1.807) is 7.05 Å². The molecule has 0 aliphatic carbocycles. The molecule has 0 saturated carbocycles. The number of hydrogen-bond donors (Lipinski definition) is 1. The molecule has 1 aromatic carbocycles. The number of carbonyl (C=O) groups excluding carboxylic acids is 1. The fourth-order valence-electron chi connectivity index (χ4n) is 2.99. The van der Waals surface area contributed by atoms with E-state index in [4.69, 9.17) is 0 Å². The van der Waals surface area contributed by atoms with Gasteiger partial charge in [-0.25, -0.2) is 0 Å². The second kappa shape index (κ2) is 9.30. The summed E-state index contributed by atoms with van der Waals surface area (Å²) in [7, 11) is 3.86. The van der Waals surface area contributed by atoms with Gasteiger partial charge in [-0.2, -0.15) is 0 Å². The number of nitrogens with one attached hydrogen (secondary N) is 1. The third-order valence-electron chi connectivity index (χ3n) is 4.46. The smallest absolute Gasteiger partial charge is 0.223 e. The van der Waals surface area contributed by atoms with Crippen LogP contribution in [0.3, 0.4) is 0 Å². The standard InChI is InChI=1S/C19H30N4O/c1-4-5-13-22(3)19(20-2)21-12-8-11-18(24)23-14-16-9-6-7-10-17(16)15-23/h6-7,9-10H,4-5,8,11-15H2,1-3H3,(H,20,21). The minimum Gasteiger partial charge on any atom is -0.356 e. The van der Waals surface area contributed by atoms with Crippen molar-refractivity contribution >= 4 is 11.9 Å². The maximum absolute atomic E-state index is 12.4. The molecule has 24 heavy (non-hydrogen) atoms. The van der Waals surface area contributed by atoms with Gasteiger partial charge in [0.1, 0.15) is 0 Å². The Labute approximate surface area is 145 Å². The highest BCUT2D eigenvalue weighted by atomic mass is 16.2. The Morgan fingerprint density at radius 1 is 1.25 bits per heavy atom. The second-order valence-electron chi connectivity index (χ2n) is 6.37. The number of nitrogens with zero attached hydrogens (tertiary/aromatic N) is 3. The van der Waals surface area contributed by atoms with Crippen molar-refractivity contribution in [2.75, 3.05) is 27.2 Å². The molecule has 132 valence electrons. The van der Waals surface area contributed by atoms with Crippen LogP contribution in [0.4, 0.5) is 0 Å². The maximum Gasteiger partial charge on any atom is 0.223 e. The molecule has 0 saturated heterocycles. The predicted molar refractivity (Wildman–Crippen MR) is 98.8 cm³/mol. The molecule has 1 aliphatic heterocycles. The predicted octanol–water partition coefficient (Wildman–Crippen LogP) is 2.62. The van der Waals surface area contributed by atoms with E-state index in [0.29, 0.717) is 6.42 Å². The van der Waals surface area contributed by atoms with E-state index in [1.807, 2.05) is 17.0 Å². The lowest BCUT2D eigenvalue weighted by Gasteiger charge is -2.22. The summed E-state index contributed by atoms with van der Waals surface area (Å²) in [5, 5.41) is 3.35. The molecule has 1 aromatic rings. The quantitative estimate of drug-likeness (QED) is 0.475. The van der Waals surface area contributed by atoms with Crippen LogP contribution >= 0.6 is 0 Å². The molecule has 0 aromatic heterocycles. The zero-order valence-corrected chi connectivity index (χ0v) is 15.2. The number of amides is 1. The number of fused-ring (bicyclic) bond motifs is 1. The fraction of sp³-hybridized carbons (Fsp3) is 0.579. The van der Waals surface area contributed by atoms with Crippen LogP contribution in [0.5, 0.6) is 0 Å². The minimum absolute atomic E-state index is 0.238.